The normalized spacial score (nSPS) is 10.5. The summed E-state index contributed by atoms with van der Waals surface area (Å²) in [6, 6.07) is 16.5. The van der Waals surface area contributed by atoms with E-state index in [0.29, 0.717) is 16.3 Å². The number of halogens is 1. The molecule has 0 saturated heterocycles. The van der Waals surface area contributed by atoms with Crippen LogP contribution >= 0.6 is 11.6 Å². The monoisotopic (exact) mass is 327 g/mol. The number of esters is 1. The van der Waals surface area contributed by atoms with Crippen LogP contribution in [0, 0.1) is 0 Å². The number of carbonyl (C=O) groups is 1. The zero-order valence-corrected chi connectivity index (χ0v) is 13.2. The highest BCUT2D eigenvalue weighted by Crippen LogP contribution is 2.33. The van der Waals surface area contributed by atoms with E-state index in [1.165, 1.54) is 0 Å². The first-order chi connectivity index (χ1) is 11.2. The summed E-state index contributed by atoms with van der Waals surface area (Å²) in [4.78, 5) is 16.5. The van der Waals surface area contributed by atoms with E-state index in [1.54, 1.807) is 19.1 Å². The summed E-state index contributed by atoms with van der Waals surface area (Å²) in [6.07, 6.45) is 0. The summed E-state index contributed by atoms with van der Waals surface area (Å²) < 4.78 is 10.9. The molecule has 0 aliphatic rings. The second-order valence-corrected chi connectivity index (χ2v) is 5.17. The standard InChI is InChI=1S/C18H14ClNO3/c1-2-22-18(21)15-16(12-8-4-3-5-9-12)23-17(20-15)13-10-6-7-11-14(13)19/h3-11H,2H2,1H3. The number of aromatic nitrogens is 1. The van der Waals surface area contributed by atoms with E-state index in [4.69, 9.17) is 20.8 Å². The minimum Gasteiger partial charge on any atom is -0.461 e. The lowest BCUT2D eigenvalue weighted by Crippen LogP contribution is -2.06. The molecule has 0 aliphatic carbocycles. The van der Waals surface area contributed by atoms with E-state index in [2.05, 4.69) is 4.98 Å². The van der Waals surface area contributed by atoms with Crippen LogP contribution in [0.15, 0.2) is 59.0 Å². The van der Waals surface area contributed by atoms with Crippen LogP contribution in [0.2, 0.25) is 5.02 Å². The van der Waals surface area contributed by atoms with Gasteiger partial charge >= 0.3 is 5.97 Å². The molecule has 0 aliphatic heterocycles. The number of hydrogen-bond donors (Lipinski definition) is 0. The second-order valence-electron chi connectivity index (χ2n) is 4.76. The predicted molar refractivity (Wildman–Crippen MR) is 88.3 cm³/mol. The van der Waals surface area contributed by atoms with Crippen LogP contribution in [0.3, 0.4) is 0 Å². The van der Waals surface area contributed by atoms with Gasteiger partial charge in [-0.2, -0.15) is 0 Å². The fraction of sp³-hybridized carbons (Fsp3) is 0.111. The maximum Gasteiger partial charge on any atom is 0.361 e. The van der Waals surface area contributed by atoms with Crippen molar-refractivity contribution in [1.82, 2.24) is 4.98 Å². The Morgan fingerprint density at radius 1 is 1.13 bits per heavy atom. The molecule has 1 aromatic heterocycles. The molecule has 4 nitrogen and oxygen atoms in total. The van der Waals surface area contributed by atoms with Crippen LogP contribution in [0.4, 0.5) is 0 Å². The van der Waals surface area contributed by atoms with E-state index in [0.717, 1.165) is 5.56 Å². The van der Waals surface area contributed by atoms with Gasteiger partial charge in [0.15, 0.2) is 11.5 Å². The van der Waals surface area contributed by atoms with Crippen molar-refractivity contribution < 1.29 is 13.9 Å². The molecule has 0 atom stereocenters. The SMILES string of the molecule is CCOC(=O)c1nc(-c2ccccc2Cl)oc1-c1ccccc1. The predicted octanol–water partition coefficient (Wildman–Crippen LogP) is 4.84. The quantitative estimate of drug-likeness (QED) is 0.643. The van der Waals surface area contributed by atoms with E-state index >= 15 is 0 Å². The van der Waals surface area contributed by atoms with Crippen molar-refractivity contribution in [2.75, 3.05) is 6.61 Å². The molecular formula is C18H14ClNO3. The van der Waals surface area contributed by atoms with Gasteiger partial charge in [0.25, 0.3) is 0 Å². The topological polar surface area (TPSA) is 52.3 Å². The third kappa shape index (κ3) is 3.12. The maximum absolute atomic E-state index is 12.2. The lowest BCUT2D eigenvalue weighted by atomic mass is 10.1. The molecule has 0 spiro atoms. The molecule has 116 valence electrons. The van der Waals surface area contributed by atoms with Crippen molar-refractivity contribution in [2.24, 2.45) is 0 Å². The molecule has 0 unspecified atom stereocenters. The van der Waals surface area contributed by atoms with Gasteiger partial charge in [-0.15, -0.1) is 0 Å². The minimum atomic E-state index is -0.520. The fourth-order valence-electron chi connectivity index (χ4n) is 2.19. The second kappa shape index (κ2) is 6.67. The van der Waals surface area contributed by atoms with Gasteiger partial charge in [-0.05, 0) is 19.1 Å². The van der Waals surface area contributed by atoms with Crippen molar-refractivity contribution in [1.29, 1.82) is 0 Å². The number of rotatable bonds is 4. The number of ether oxygens (including phenoxy) is 1. The summed E-state index contributed by atoms with van der Waals surface area (Å²) in [5, 5.41) is 0.503. The first kappa shape index (κ1) is 15.3. The molecule has 2 aromatic carbocycles. The van der Waals surface area contributed by atoms with Crippen molar-refractivity contribution in [2.45, 2.75) is 6.92 Å². The van der Waals surface area contributed by atoms with Gasteiger partial charge in [0.05, 0.1) is 17.2 Å². The smallest absolute Gasteiger partial charge is 0.361 e. The van der Waals surface area contributed by atoms with Crippen molar-refractivity contribution in [3.63, 3.8) is 0 Å². The number of oxazole rings is 1. The van der Waals surface area contributed by atoms with Crippen LogP contribution in [0.1, 0.15) is 17.4 Å². The van der Waals surface area contributed by atoms with Crippen molar-refractivity contribution in [3.05, 3.63) is 65.3 Å². The average Bonchev–Trinajstić information content (AvgIpc) is 3.01. The van der Waals surface area contributed by atoms with Gasteiger partial charge in [-0.3, -0.25) is 0 Å². The molecule has 0 amide bonds. The summed E-state index contributed by atoms with van der Waals surface area (Å²) >= 11 is 6.19. The summed E-state index contributed by atoms with van der Waals surface area (Å²) in [7, 11) is 0. The molecule has 23 heavy (non-hydrogen) atoms. The Balaban J connectivity index is 2.14. The molecule has 0 radical (unpaired) electrons. The summed E-state index contributed by atoms with van der Waals surface area (Å²) in [5.74, 6) is 0.143. The zero-order valence-electron chi connectivity index (χ0n) is 12.5. The van der Waals surface area contributed by atoms with Gasteiger partial charge in [0, 0.05) is 5.56 Å². The van der Waals surface area contributed by atoms with Crippen LogP contribution in [0.5, 0.6) is 0 Å². The Labute approximate surface area is 138 Å². The lowest BCUT2D eigenvalue weighted by molar-refractivity contribution is 0.0520. The molecule has 3 aromatic rings. The van der Waals surface area contributed by atoms with Crippen LogP contribution in [-0.2, 0) is 4.74 Å². The summed E-state index contributed by atoms with van der Waals surface area (Å²) in [6.45, 7) is 2.01. The zero-order chi connectivity index (χ0) is 16.2. The summed E-state index contributed by atoms with van der Waals surface area (Å²) in [5.41, 5.74) is 1.52. The first-order valence-corrected chi connectivity index (χ1v) is 7.56. The maximum atomic E-state index is 12.2. The fourth-order valence-corrected chi connectivity index (χ4v) is 2.41. The van der Waals surface area contributed by atoms with Gasteiger partial charge in [-0.25, -0.2) is 9.78 Å². The Kier molecular flexibility index (Phi) is 4.44. The van der Waals surface area contributed by atoms with E-state index < -0.39 is 5.97 Å². The largest absolute Gasteiger partial charge is 0.461 e. The molecule has 3 rings (SSSR count). The Morgan fingerprint density at radius 3 is 2.52 bits per heavy atom. The number of benzene rings is 2. The third-order valence-electron chi connectivity index (χ3n) is 3.24. The average molecular weight is 328 g/mol. The number of hydrogen-bond acceptors (Lipinski definition) is 4. The molecular weight excluding hydrogens is 314 g/mol. The minimum absolute atomic E-state index is 0.146. The van der Waals surface area contributed by atoms with Gasteiger partial charge in [0.2, 0.25) is 5.89 Å². The van der Waals surface area contributed by atoms with Gasteiger partial charge < -0.3 is 9.15 Å². The Bertz CT molecular complexity index is 827. The highest BCUT2D eigenvalue weighted by atomic mass is 35.5. The molecule has 5 heteroatoms. The van der Waals surface area contributed by atoms with Crippen molar-refractivity contribution >= 4 is 17.6 Å². The molecule has 0 N–H and O–H groups in total. The van der Waals surface area contributed by atoms with E-state index in [9.17, 15) is 4.79 Å². The highest BCUT2D eigenvalue weighted by Gasteiger charge is 2.23. The van der Waals surface area contributed by atoms with Gasteiger partial charge in [0.1, 0.15) is 0 Å². The molecule has 0 saturated carbocycles. The van der Waals surface area contributed by atoms with Gasteiger partial charge in [-0.1, -0.05) is 54.1 Å². The molecule has 1 heterocycles. The lowest BCUT2D eigenvalue weighted by Gasteiger charge is -2.00. The number of carbonyl (C=O) groups excluding carboxylic acids is 1. The number of nitrogens with zero attached hydrogens (tertiary/aromatic N) is 1. The van der Waals surface area contributed by atoms with Crippen LogP contribution < -0.4 is 0 Å². The van der Waals surface area contributed by atoms with Crippen LogP contribution in [-0.4, -0.2) is 17.6 Å². The highest BCUT2D eigenvalue weighted by molar-refractivity contribution is 6.33. The Hall–Kier alpha value is -2.59. The first-order valence-electron chi connectivity index (χ1n) is 7.19. The van der Waals surface area contributed by atoms with E-state index in [-0.39, 0.29) is 18.2 Å². The van der Waals surface area contributed by atoms with Crippen LogP contribution in [0.25, 0.3) is 22.8 Å². The third-order valence-corrected chi connectivity index (χ3v) is 3.57. The van der Waals surface area contributed by atoms with E-state index in [1.807, 2.05) is 42.5 Å². The van der Waals surface area contributed by atoms with Crippen molar-refractivity contribution in [3.8, 4) is 22.8 Å². The molecule has 0 bridgehead atoms. The molecule has 0 fully saturated rings. The Morgan fingerprint density at radius 2 is 1.83 bits per heavy atom.